The number of anilines is 1. The molecule has 1 aromatic rings. The molecule has 0 amide bonds. The van der Waals surface area contributed by atoms with Crippen molar-refractivity contribution in [1.29, 1.82) is 0 Å². The van der Waals surface area contributed by atoms with Crippen molar-refractivity contribution in [3.63, 3.8) is 0 Å². The van der Waals surface area contributed by atoms with E-state index in [1.807, 2.05) is 0 Å². The van der Waals surface area contributed by atoms with Gasteiger partial charge in [-0.15, -0.1) is 0 Å². The smallest absolute Gasteiger partial charge is 0.270 e. The number of benzene rings is 1. The number of rotatable bonds is 5. The maximum atomic E-state index is 13.2. The first kappa shape index (κ1) is 14.1. The molecule has 1 aliphatic heterocycles. The summed E-state index contributed by atoms with van der Waals surface area (Å²) in [6.07, 6.45) is 1.14. The highest BCUT2D eigenvalue weighted by Gasteiger charge is 2.25. The number of hydrogen-bond donors (Lipinski definition) is 2. The van der Waals surface area contributed by atoms with Crippen LogP contribution in [0.25, 0.3) is 0 Å². The van der Waals surface area contributed by atoms with Gasteiger partial charge in [-0.25, -0.2) is 8.78 Å². The molecule has 2 rings (SSSR count). The minimum atomic E-state index is -2.85. The van der Waals surface area contributed by atoms with Gasteiger partial charge in [-0.05, 0) is 37.6 Å². The Morgan fingerprint density at radius 1 is 1.47 bits per heavy atom. The van der Waals surface area contributed by atoms with E-state index in [1.54, 1.807) is 6.07 Å². The molecule has 0 saturated carbocycles. The fraction of sp³-hybridized carbons (Fsp3) is 0.571. The molecule has 0 aromatic heterocycles. The van der Waals surface area contributed by atoms with Gasteiger partial charge < -0.3 is 15.4 Å². The van der Waals surface area contributed by atoms with E-state index < -0.39 is 5.92 Å². The normalized spacial score (nSPS) is 19.5. The predicted molar refractivity (Wildman–Crippen MR) is 72.0 cm³/mol. The van der Waals surface area contributed by atoms with Crippen molar-refractivity contribution in [3.05, 3.63) is 23.8 Å². The largest absolute Gasteiger partial charge is 0.495 e. The van der Waals surface area contributed by atoms with Gasteiger partial charge in [0, 0.05) is 19.0 Å². The van der Waals surface area contributed by atoms with Gasteiger partial charge in [0.15, 0.2) is 0 Å². The Kier molecular flexibility index (Phi) is 4.24. The highest BCUT2D eigenvalue weighted by atomic mass is 19.3. The molecule has 1 aromatic carbocycles. The molecule has 1 aliphatic rings. The summed E-state index contributed by atoms with van der Waals surface area (Å²) >= 11 is 0. The zero-order valence-corrected chi connectivity index (χ0v) is 11.3. The van der Waals surface area contributed by atoms with Gasteiger partial charge in [-0.2, -0.15) is 0 Å². The van der Waals surface area contributed by atoms with Crippen molar-refractivity contribution in [1.82, 2.24) is 5.32 Å². The third-order valence-electron chi connectivity index (χ3n) is 3.45. The van der Waals surface area contributed by atoms with Gasteiger partial charge in [0.1, 0.15) is 5.75 Å². The highest BCUT2D eigenvalue weighted by molar-refractivity contribution is 5.58. The van der Waals surface area contributed by atoms with Crippen molar-refractivity contribution < 1.29 is 13.5 Å². The van der Waals surface area contributed by atoms with Crippen LogP contribution in [0.5, 0.6) is 5.75 Å². The zero-order chi connectivity index (χ0) is 13.9. The predicted octanol–water partition coefficient (Wildman–Crippen LogP) is 2.83. The van der Waals surface area contributed by atoms with Gasteiger partial charge in [0.05, 0.1) is 12.8 Å². The average molecular weight is 270 g/mol. The first-order valence-electron chi connectivity index (χ1n) is 6.51. The van der Waals surface area contributed by atoms with Gasteiger partial charge in [-0.3, -0.25) is 0 Å². The molecule has 5 heteroatoms. The number of nitrogens with one attached hydrogen (secondary N) is 2. The van der Waals surface area contributed by atoms with E-state index in [0.717, 1.165) is 38.7 Å². The average Bonchev–Trinajstić information content (AvgIpc) is 2.88. The fourth-order valence-electron chi connectivity index (χ4n) is 2.25. The number of hydrogen-bond acceptors (Lipinski definition) is 3. The lowest BCUT2D eigenvalue weighted by Gasteiger charge is -2.17. The molecular weight excluding hydrogens is 250 g/mol. The number of alkyl halides is 2. The van der Waals surface area contributed by atoms with E-state index in [-0.39, 0.29) is 5.56 Å². The van der Waals surface area contributed by atoms with Crippen LogP contribution in [0.2, 0.25) is 0 Å². The van der Waals surface area contributed by atoms with Crippen molar-refractivity contribution >= 4 is 5.69 Å². The van der Waals surface area contributed by atoms with Crippen LogP contribution >= 0.6 is 0 Å². The second kappa shape index (κ2) is 5.74. The minimum Gasteiger partial charge on any atom is -0.495 e. The second-order valence-corrected chi connectivity index (χ2v) is 5.04. The van der Waals surface area contributed by atoms with E-state index in [2.05, 4.69) is 10.6 Å². The van der Waals surface area contributed by atoms with Crippen LogP contribution < -0.4 is 15.4 Å². The van der Waals surface area contributed by atoms with Crippen LogP contribution in [-0.2, 0) is 5.92 Å². The monoisotopic (exact) mass is 270 g/mol. The Balaban J connectivity index is 2.07. The third-order valence-corrected chi connectivity index (χ3v) is 3.45. The maximum Gasteiger partial charge on any atom is 0.270 e. The summed E-state index contributed by atoms with van der Waals surface area (Å²) in [6, 6.07) is 4.50. The van der Waals surface area contributed by atoms with Crippen molar-refractivity contribution in [2.45, 2.75) is 19.3 Å². The lowest BCUT2D eigenvalue weighted by molar-refractivity contribution is 0.0173. The zero-order valence-electron chi connectivity index (χ0n) is 11.3. The molecule has 1 fully saturated rings. The summed E-state index contributed by atoms with van der Waals surface area (Å²) < 4.78 is 31.7. The third kappa shape index (κ3) is 3.56. The van der Waals surface area contributed by atoms with Gasteiger partial charge >= 0.3 is 0 Å². The lowest BCUT2D eigenvalue weighted by Crippen LogP contribution is -2.17. The van der Waals surface area contributed by atoms with Crippen LogP contribution in [0.1, 0.15) is 18.9 Å². The second-order valence-electron chi connectivity index (χ2n) is 5.04. The fourth-order valence-corrected chi connectivity index (χ4v) is 2.25. The standard InChI is InChI=1S/C14H20F2N2O/c1-14(15,16)11-3-4-12(13(7-11)19-2)18-9-10-5-6-17-8-10/h3-4,7,10,17-18H,5-6,8-9H2,1-2H3. The Hall–Kier alpha value is -1.36. The van der Waals surface area contributed by atoms with Crippen molar-refractivity contribution in [2.24, 2.45) is 5.92 Å². The summed E-state index contributed by atoms with van der Waals surface area (Å²) in [6.45, 7) is 3.76. The Bertz CT molecular complexity index is 426. The van der Waals surface area contributed by atoms with Crippen LogP contribution in [0.4, 0.5) is 14.5 Å². The Morgan fingerprint density at radius 3 is 2.84 bits per heavy atom. The molecule has 0 spiro atoms. The van der Waals surface area contributed by atoms with Crippen LogP contribution in [0.15, 0.2) is 18.2 Å². The molecule has 106 valence electrons. The molecule has 0 aliphatic carbocycles. The van der Waals surface area contributed by atoms with E-state index in [4.69, 9.17) is 4.74 Å². The summed E-state index contributed by atoms with van der Waals surface area (Å²) in [5.41, 5.74) is 0.736. The topological polar surface area (TPSA) is 33.3 Å². The summed E-state index contributed by atoms with van der Waals surface area (Å²) in [5.74, 6) is -1.80. The molecule has 2 N–H and O–H groups in total. The van der Waals surface area contributed by atoms with Crippen LogP contribution in [0.3, 0.4) is 0 Å². The van der Waals surface area contributed by atoms with Crippen molar-refractivity contribution in [3.8, 4) is 5.75 Å². The number of methoxy groups -OCH3 is 1. The molecule has 19 heavy (non-hydrogen) atoms. The molecule has 0 bridgehead atoms. The summed E-state index contributed by atoms with van der Waals surface area (Å²) in [4.78, 5) is 0. The number of halogens is 2. The minimum absolute atomic E-state index is 0.0302. The summed E-state index contributed by atoms with van der Waals surface area (Å²) in [7, 11) is 1.50. The summed E-state index contributed by atoms with van der Waals surface area (Å²) in [5, 5.41) is 6.57. The first-order chi connectivity index (χ1) is 9.00. The molecule has 3 nitrogen and oxygen atoms in total. The first-order valence-corrected chi connectivity index (χ1v) is 6.51. The molecule has 1 heterocycles. The molecule has 0 radical (unpaired) electrons. The van der Waals surface area contributed by atoms with E-state index in [1.165, 1.54) is 19.2 Å². The van der Waals surface area contributed by atoms with Crippen molar-refractivity contribution in [2.75, 3.05) is 32.1 Å². The molecule has 1 saturated heterocycles. The molecule has 1 atom stereocenters. The van der Waals surface area contributed by atoms with Gasteiger partial charge in [0.2, 0.25) is 0 Å². The lowest BCUT2D eigenvalue weighted by atomic mass is 10.1. The van der Waals surface area contributed by atoms with E-state index in [0.29, 0.717) is 11.7 Å². The van der Waals surface area contributed by atoms with Crippen LogP contribution in [0, 0.1) is 5.92 Å². The van der Waals surface area contributed by atoms with Gasteiger partial charge in [-0.1, -0.05) is 6.07 Å². The molecular formula is C14H20F2N2O. The van der Waals surface area contributed by atoms with Gasteiger partial charge in [0.25, 0.3) is 5.92 Å². The highest BCUT2D eigenvalue weighted by Crippen LogP contribution is 2.33. The maximum absolute atomic E-state index is 13.2. The Morgan fingerprint density at radius 2 is 2.26 bits per heavy atom. The van der Waals surface area contributed by atoms with E-state index in [9.17, 15) is 8.78 Å². The number of ether oxygens (including phenoxy) is 1. The van der Waals surface area contributed by atoms with Crippen LogP contribution in [-0.4, -0.2) is 26.7 Å². The Labute approximate surface area is 112 Å². The van der Waals surface area contributed by atoms with E-state index >= 15 is 0 Å². The molecule has 1 unspecified atom stereocenters. The SMILES string of the molecule is COc1cc(C(C)(F)F)ccc1NCC1CCNC1. The quantitative estimate of drug-likeness (QED) is 0.863.